The minimum Gasteiger partial charge on any atom is -0.493 e. The molecule has 22 rings (SSSR count). The molecule has 0 bridgehead atoms. The van der Waals surface area contributed by atoms with Crippen molar-refractivity contribution >= 4 is 47.1 Å². The maximum Gasteiger partial charge on any atom is 0.231 e. The first-order valence-corrected chi connectivity index (χ1v) is 33.9. The summed E-state index contributed by atoms with van der Waals surface area (Å²) in [6.45, 7) is 8.60. The van der Waals surface area contributed by atoms with Gasteiger partial charge in [-0.2, -0.15) is 5.26 Å². The Morgan fingerprint density at radius 3 is 1.44 bits per heavy atom. The van der Waals surface area contributed by atoms with Crippen molar-refractivity contribution < 1.29 is 71.1 Å². The lowest BCUT2D eigenvalue weighted by molar-refractivity contribution is 0.172. The van der Waals surface area contributed by atoms with Crippen molar-refractivity contribution in [1.82, 2.24) is 19.6 Å². The summed E-state index contributed by atoms with van der Waals surface area (Å²) in [7, 11) is 6.72. The quantitative estimate of drug-likeness (QED) is 0.162. The van der Waals surface area contributed by atoms with E-state index in [1.807, 2.05) is 30.3 Å². The van der Waals surface area contributed by atoms with E-state index in [1.165, 1.54) is 89.4 Å². The van der Waals surface area contributed by atoms with Crippen LogP contribution in [0.25, 0.3) is 47.1 Å². The number of hydrogen-bond acceptors (Lipinski definition) is 20. The molecule has 8 aromatic carbocycles. The van der Waals surface area contributed by atoms with Gasteiger partial charge < -0.3 is 90.7 Å². The van der Waals surface area contributed by atoms with E-state index < -0.39 is 6.04 Å². The molecule has 0 amide bonds. The maximum atomic E-state index is 9.95. The number of fused-ring (bicyclic) bond motifs is 24. The molecule has 1 unspecified atom stereocenters. The average Bonchev–Trinajstić information content (AvgIpc) is 1.15. The number of methoxy groups -OCH3 is 4. The highest BCUT2D eigenvalue weighted by molar-refractivity contribution is 5.91. The molecule has 0 N–H and O–H groups in total. The van der Waals surface area contributed by atoms with Crippen molar-refractivity contribution in [2.75, 3.05) is 95.2 Å². The van der Waals surface area contributed by atoms with Gasteiger partial charge in [0.15, 0.2) is 80.5 Å². The standard InChI is InChI=1S/C21H23NO4.C20H14N2O4.C20H17NO3.C19H15NO4/c1-23-18-6-5-13-9-17-15-11-20(25-3)19(24-2)10-14(15)7-8-22(17)12-16(13)21(18)26-4;21-8-15-19-12(1-2-16-20(19)26-10-23-16)5-14-13-7-18-17(24-9-25-18)6-11(13)3-4-22(14)15;1-3-21-10-15-5-13-2-4-22-18(13)8-14(15)6-17(21)16-9-20-19(7-12(1)16)23-11-24-20;1-2-16-19(24-10-21-16)14-8-20-4-3-12-6-17-18(23-9-22-17)7-13(12)15(20)5-11(1)14/h5-6,9-11H,7-8,12H2,1-4H3;1-2,5-7,15H,3-4,9-10H2;5-9H,1-4,10-11H2;1-2,5-7H,3-4,8-10H2. The smallest absolute Gasteiger partial charge is 0.231 e. The van der Waals surface area contributed by atoms with Gasteiger partial charge in [0.25, 0.3) is 0 Å². The Morgan fingerprint density at radius 2 is 0.830 bits per heavy atom. The molecule has 0 radical (unpaired) electrons. The minimum atomic E-state index is -0.403. The summed E-state index contributed by atoms with van der Waals surface area (Å²) in [5.74, 6) is 12.3. The number of rotatable bonds is 4. The summed E-state index contributed by atoms with van der Waals surface area (Å²) >= 11 is 0. The Kier molecular flexibility index (Phi) is 14.2. The fourth-order valence-electron chi connectivity index (χ4n) is 16.3. The maximum absolute atomic E-state index is 9.95. The normalized spacial score (nSPS) is 18.2. The summed E-state index contributed by atoms with van der Waals surface area (Å²) in [4.78, 5) is 9.43. The topological polar surface area (TPSA) is 175 Å². The zero-order valence-corrected chi connectivity index (χ0v) is 55.7. The molecule has 0 saturated carbocycles. The van der Waals surface area contributed by atoms with Gasteiger partial charge in [0.2, 0.25) is 34.0 Å². The van der Waals surface area contributed by atoms with Crippen LogP contribution in [-0.4, -0.2) is 115 Å². The molecule has 20 nitrogen and oxygen atoms in total. The molecule has 0 aliphatic carbocycles. The van der Waals surface area contributed by atoms with Crippen molar-refractivity contribution in [3.8, 4) is 92.3 Å². The summed E-state index contributed by atoms with van der Waals surface area (Å²) in [5.41, 5.74) is 25.5. The van der Waals surface area contributed by atoms with E-state index in [2.05, 4.69) is 117 Å². The third-order valence-corrected chi connectivity index (χ3v) is 21.3. The number of hydrogen-bond donors (Lipinski definition) is 0. The van der Waals surface area contributed by atoms with Crippen LogP contribution in [0.4, 0.5) is 0 Å². The number of benzene rings is 8. The molecule has 14 aliphatic heterocycles. The second-order valence-corrected chi connectivity index (χ2v) is 26.4. The summed E-state index contributed by atoms with van der Waals surface area (Å²) < 4.78 is 83.5. The van der Waals surface area contributed by atoms with E-state index in [0.29, 0.717) is 31.9 Å². The minimum absolute atomic E-state index is 0.201. The molecular weight excluding hydrogens is 1270 g/mol. The first kappa shape index (κ1) is 59.7. The van der Waals surface area contributed by atoms with Crippen molar-refractivity contribution in [3.05, 3.63) is 192 Å². The van der Waals surface area contributed by atoms with Crippen molar-refractivity contribution in [2.45, 2.75) is 57.8 Å². The Hall–Kier alpha value is -11.6. The van der Waals surface area contributed by atoms with Gasteiger partial charge in [0, 0.05) is 114 Å². The Bertz CT molecular complexity index is 4920. The third kappa shape index (κ3) is 9.82. The van der Waals surface area contributed by atoms with Crippen LogP contribution in [0.2, 0.25) is 0 Å². The summed E-state index contributed by atoms with van der Waals surface area (Å²) in [6.07, 6.45) is 13.8. The first-order valence-electron chi connectivity index (χ1n) is 33.9. The fourth-order valence-corrected chi connectivity index (χ4v) is 16.3. The SMILES string of the molecule is C1=C2c3cc4c(cc3CCN2Cc2c1ccc1c2OCO1)OCO4.C1=C2c3cc4c(cc3CCN2Cc2cc3c(cc21)OCC3)OCO4.COc1cc2c(cc1OC)C1=Cc3ccc(OC)c(OC)c3CN1CC2.N#CC1c2c(ccc3c2OCO3)C=C2c3cc4c(cc3CCN21)OCO4. The van der Waals surface area contributed by atoms with Crippen LogP contribution < -0.4 is 71.1 Å². The molecule has 504 valence electrons. The van der Waals surface area contributed by atoms with Crippen LogP contribution in [0.1, 0.15) is 101 Å². The van der Waals surface area contributed by atoms with E-state index in [1.54, 1.807) is 28.4 Å². The molecular formula is C80H69N5O15. The van der Waals surface area contributed by atoms with Gasteiger partial charge >= 0.3 is 0 Å². The summed E-state index contributed by atoms with van der Waals surface area (Å²) in [5, 5.41) is 9.95. The second kappa shape index (κ2) is 23.9. The van der Waals surface area contributed by atoms with E-state index in [4.69, 9.17) is 71.1 Å². The van der Waals surface area contributed by atoms with Gasteiger partial charge in [-0.25, -0.2) is 0 Å². The molecule has 0 aromatic heterocycles. The highest BCUT2D eigenvalue weighted by atomic mass is 16.7. The Morgan fingerprint density at radius 1 is 0.360 bits per heavy atom. The second-order valence-electron chi connectivity index (χ2n) is 26.4. The van der Waals surface area contributed by atoms with Gasteiger partial charge in [0.1, 0.15) is 11.8 Å². The van der Waals surface area contributed by atoms with E-state index in [0.717, 1.165) is 187 Å². The zero-order chi connectivity index (χ0) is 66.9. The first-order chi connectivity index (χ1) is 49.2. The number of ether oxygens (including phenoxy) is 15. The van der Waals surface area contributed by atoms with Gasteiger partial charge in [-0.15, -0.1) is 0 Å². The third-order valence-electron chi connectivity index (χ3n) is 21.3. The van der Waals surface area contributed by atoms with Crippen LogP contribution in [0.5, 0.6) is 86.2 Å². The van der Waals surface area contributed by atoms with Gasteiger partial charge in [-0.05, 0) is 184 Å². The number of nitriles is 1. The lowest BCUT2D eigenvalue weighted by Crippen LogP contribution is -2.35. The molecule has 0 spiro atoms. The van der Waals surface area contributed by atoms with E-state index in [-0.39, 0.29) is 13.6 Å². The highest BCUT2D eigenvalue weighted by Crippen LogP contribution is 2.53. The van der Waals surface area contributed by atoms with Gasteiger partial charge in [-0.3, -0.25) is 0 Å². The average molecular weight is 1340 g/mol. The predicted octanol–water partition coefficient (Wildman–Crippen LogP) is 12.9. The van der Waals surface area contributed by atoms with Gasteiger partial charge in [-0.1, -0.05) is 18.2 Å². The van der Waals surface area contributed by atoms with Crippen molar-refractivity contribution in [2.24, 2.45) is 0 Å². The van der Waals surface area contributed by atoms with E-state index in [9.17, 15) is 5.26 Å². The molecule has 20 heteroatoms. The largest absolute Gasteiger partial charge is 0.493 e. The Labute approximate surface area is 577 Å². The molecule has 0 fully saturated rings. The van der Waals surface area contributed by atoms with Gasteiger partial charge in [0.05, 0.1) is 41.1 Å². The van der Waals surface area contributed by atoms with Crippen molar-refractivity contribution in [1.29, 1.82) is 5.26 Å². The lowest BCUT2D eigenvalue weighted by atomic mass is 9.86. The molecule has 0 saturated heterocycles. The van der Waals surface area contributed by atoms with Crippen LogP contribution >= 0.6 is 0 Å². The van der Waals surface area contributed by atoms with Crippen LogP contribution in [0, 0.1) is 11.3 Å². The molecule has 8 aromatic rings. The molecule has 14 aliphatic rings. The van der Waals surface area contributed by atoms with Crippen LogP contribution in [0.3, 0.4) is 0 Å². The predicted molar refractivity (Wildman–Crippen MR) is 370 cm³/mol. The Balaban J connectivity index is 0.0000000929. The molecule has 100 heavy (non-hydrogen) atoms. The number of nitrogens with zero attached hydrogens (tertiary/aromatic N) is 5. The lowest BCUT2D eigenvalue weighted by Gasteiger charge is -2.40. The molecule has 1 atom stereocenters. The zero-order valence-electron chi connectivity index (χ0n) is 55.7. The highest BCUT2D eigenvalue weighted by Gasteiger charge is 2.40. The summed E-state index contributed by atoms with van der Waals surface area (Å²) in [6, 6.07) is 35.5. The monoisotopic (exact) mass is 1340 g/mol. The fraction of sp³-hybridized carbons (Fsp3) is 0.287. The molecule has 14 heterocycles. The van der Waals surface area contributed by atoms with Crippen LogP contribution in [0.15, 0.2) is 97.1 Å². The van der Waals surface area contributed by atoms with Crippen LogP contribution in [-0.2, 0) is 51.7 Å². The van der Waals surface area contributed by atoms with E-state index >= 15 is 0 Å². The van der Waals surface area contributed by atoms with Crippen molar-refractivity contribution in [3.63, 3.8) is 0 Å².